The lowest BCUT2D eigenvalue weighted by Gasteiger charge is -2.17. The molecule has 0 bridgehead atoms. The van der Waals surface area contributed by atoms with E-state index >= 15 is 0 Å². The molecule has 0 aliphatic carbocycles. The average Bonchev–Trinajstić information content (AvgIpc) is 2.33. The molecule has 0 amide bonds. The quantitative estimate of drug-likeness (QED) is 0.773. The van der Waals surface area contributed by atoms with E-state index in [9.17, 15) is 0 Å². The highest BCUT2D eigenvalue weighted by molar-refractivity contribution is 7.15. The van der Waals surface area contributed by atoms with E-state index in [2.05, 4.69) is 30.8 Å². The summed E-state index contributed by atoms with van der Waals surface area (Å²) < 4.78 is 0.632. The topological polar surface area (TPSA) is 16.1 Å². The number of hydrogen-bond donors (Lipinski definition) is 0. The second-order valence-electron chi connectivity index (χ2n) is 3.67. The van der Waals surface area contributed by atoms with E-state index in [1.54, 1.807) is 11.3 Å². The molecule has 0 aromatic carbocycles. The van der Waals surface area contributed by atoms with E-state index < -0.39 is 0 Å². The predicted octanol–water partition coefficient (Wildman–Crippen LogP) is 2.88. The smallest absolute Gasteiger partial charge is 0.183 e. The van der Waals surface area contributed by atoms with Crippen LogP contribution >= 0.6 is 22.9 Å². The van der Waals surface area contributed by atoms with Gasteiger partial charge >= 0.3 is 0 Å². The SMILES string of the molecule is CC(C)CN(C)Cc1cnc(Cl)s1. The van der Waals surface area contributed by atoms with Gasteiger partial charge in [-0.3, -0.25) is 0 Å². The van der Waals surface area contributed by atoms with Gasteiger partial charge in [-0.2, -0.15) is 0 Å². The Hall–Kier alpha value is -0.120. The van der Waals surface area contributed by atoms with Crippen molar-refractivity contribution in [3.05, 3.63) is 15.5 Å². The fourth-order valence-corrected chi connectivity index (χ4v) is 2.37. The standard InChI is InChI=1S/C9H15ClN2S/c1-7(2)5-12(3)6-8-4-11-9(10)13-8/h4,7H,5-6H2,1-3H3. The summed E-state index contributed by atoms with van der Waals surface area (Å²) in [5, 5.41) is 0. The zero-order valence-electron chi connectivity index (χ0n) is 8.25. The molecule has 2 nitrogen and oxygen atoms in total. The largest absolute Gasteiger partial charge is 0.301 e. The van der Waals surface area contributed by atoms with Crippen LogP contribution in [0.1, 0.15) is 18.7 Å². The number of hydrogen-bond acceptors (Lipinski definition) is 3. The van der Waals surface area contributed by atoms with Crippen LogP contribution in [0.25, 0.3) is 0 Å². The molecule has 0 saturated heterocycles. The van der Waals surface area contributed by atoms with Crippen LogP contribution in [0, 0.1) is 5.92 Å². The summed E-state index contributed by atoms with van der Waals surface area (Å²) in [7, 11) is 2.12. The number of aromatic nitrogens is 1. The highest BCUT2D eigenvalue weighted by Crippen LogP contribution is 2.18. The van der Waals surface area contributed by atoms with Gasteiger partial charge in [0, 0.05) is 24.2 Å². The molecule has 0 radical (unpaired) electrons. The van der Waals surface area contributed by atoms with Crippen LogP contribution in [0.15, 0.2) is 6.20 Å². The van der Waals surface area contributed by atoms with Gasteiger partial charge in [0.05, 0.1) is 0 Å². The molecular weight excluding hydrogens is 204 g/mol. The van der Waals surface area contributed by atoms with Crippen molar-refractivity contribution < 1.29 is 0 Å². The Kier molecular flexibility index (Phi) is 4.16. The first-order valence-electron chi connectivity index (χ1n) is 4.36. The second-order valence-corrected chi connectivity index (χ2v) is 5.37. The molecule has 0 N–H and O–H groups in total. The van der Waals surface area contributed by atoms with Crippen molar-refractivity contribution >= 4 is 22.9 Å². The van der Waals surface area contributed by atoms with Gasteiger partial charge in [-0.15, -0.1) is 11.3 Å². The molecule has 74 valence electrons. The maximum absolute atomic E-state index is 5.74. The van der Waals surface area contributed by atoms with Crippen LogP contribution in [-0.4, -0.2) is 23.5 Å². The first-order chi connectivity index (χ1) is 6.08. The molecule has 1 heterocycles. The summed E-state index contributed by atoms with van der Waals surface area (Å²) in [6, 6.07) is 0. The molecule has 0 atom stereocenters. The summed E-state index contributed by atoms with van der Waals surface area (Å²) >= 11 is 7.29. The minimum absolute atomic E-state index is 0.632. The maximum atomic E-state index is 5.74. The van der Waals surface area contributed by atoms with Crippen molar-refractivity contribution in [1.82, 2.24) is 9.88 Å². The van der Waals surface area contributed by atoms with E-state index in [0.717, 1.165) is 13.1 Å². The van der Waals surface area contributed by atoms with Gasteiger partial charge in [0.15, 0.2) is 4.47 Å². The minimum Gasteiger partial charge on any atom is -0.301 e. The third-order valence-electron chi connectivity index (χ3n) is 1.63. The van der Waals surface area contributed by atoms with Gasteiger partial charge in [-0.1, -0.05) is 25.4 Å². The molecule has 1 aromatic rings. The van der Waals surface area contributed by atoms with Crippen molar-refractivity contribution in [2.75, 3.05) is 13.6 Å². The molecule has 13 heavy (non-hydrogen) atoms. The van der Waals surface area contributed by atoms with E-state index in [1.807, 2.05) is 6.20 Å². The van der Waals surface area contributed by atoms with Crippen LogP contribution in [0.2, 0.25) is 4.47 Å². The first kappa shape index (κ1) is 11.0. The zero-order valence-corrected chi connectivity index (χ0v) is 9.82. The van der Waals surface area contributed by atoms with E-state index in [4.69, 9.17) is 11.6 Å². The van der Waals surface area contributed by atoms with Crippen molar-refractivity contribution in [2.45, 2.75) is 20.4 Å². The predicted molar refractivity (Wildman–Crippen MR) is 58.3 cm³/mol. The highest BCUT2D eigenvalue weighted by atomic mass is 35.5. The van der Waals surface area contributed by atoms with Crippen LogP contribution in [-0.2, 0) is 6.54 Å². The molecular formula is C9H15ClN2S. The van der Waals surface area contributed by atoms with Crippen molar-refractivity contribution in [3.63, 3.8) is 0 Å². The first-order valence-corrected chi connectivity index (χ1v) is 5.56. The molecule has 0 fully saturated rings. The van der Waals surface area contributed by atoms with Crippen LogP contribution in [0.4, 0.5) is 0 Å². The molecule has 0 aliphatic rings. The number of rotatable bonds is 4. The number of nitrogens with zero attached hydrogens (tertiary/aromatic N) is 2. The molecule has 0 spiro atoms. The molecule has 1 rings (SSSR count). The third-order valence-corrected chi connectivity index (χ3v) is 2.73. The summed E-state index contributed by atoms with van der Waals surface area (Å²) in [5.41, 5.74) is 0. The van der Waals surface area contributed by atoms with Gasteiger partial charge < -0.3 is 4.90 Å². The van der Waals surface area contributed by atoms with Gasteiger partial charge in [-0.05, 0) is 13.0 Å². The van der Waals surface area contributed by atoms with Crippen molar-refractivity contribution in [1.29, 1.82) is 0 Å². The third kappa shape index (κ3) is 4.07. The van der Waals surface area contributed by atoms with Gasteiger partial charge in [0.2, 0.25) is 0 Å². The monoisotopic (exact) mass is 218 g/mol. The fourth-order valence-electron chi connectivity index (χ4n) is 1.31. The number of thiazole rings is 1. The zero-order chi connectivity index (χ0) is 9.84. The fraction of sp³-hybridized carbons (Fsp3) is 0.667. The molecule has 0 aliphatic heterocycles. The molecule has 4 heteroatoms. The minimum atomic E-state index is 0.632. The Morgan fingerprint density at radius 3 is 2.77 bits per heavy atom. The summed E-state index contributed by atoms with van der Waals surface area (Å²) in [5.74, 6) is 0.702. The van der Waals surface area contributed by atoms with E-state index in [1.165, 1.54) is 4.88 Å². The van der Waals surface area contributed by atoms with Gasteiger partial charge in [0.1, 0.15) is 0 Å². The van der Waals surface area contributed by atoms with Crippen molar-refractivity contribution in [3.8, 4) is 0 Å². The summed E-state index contributed by atoms with van der Waals surface area (Å²) in [6.07, 6.45) is 1.85. The van der Waals surface area contributed by atoms with Gasteiger partial charge in [0.25, 0.3) is 0 Å². The van der Waals surface area contributed by atoms with E-state index in [-0.39, 0.29) is 0 Å². The second kappa shape index (κ2) is 4.94. The molecule has 0 unspecified atom stereocenters. The molecule has 1 aromatic heterocycles. The Morgan fingerprint density at radius 2 is 2.31 bits per heavy atom. The Labute approximate surface area is 88.5 Å². The van der Waals surface area contributed by atoms with Crippen LogP contribution in [0.3, 0.4) is 0 Å². The lowest BCUT2D eigenvalue weighted by atomic mass is 10.2. The normalized spacial score (nSPS) is 11.5. The van der Waals surface area contributed by atoms with Gasteiger partial charge in [-0.25, -0.2) is 4.98 Å². The van der Waals surface area contributed by atoms with Crippen LogP contribution < -0.4 is 0 Å². The number of halogens is 1. The lowest BCUT2D eigenvalue weighted by molar-refractivity contribution is 0.290. The Bertz CT molecular complexity index is 260. The average molecular weight is 219 g/mol. The van der Waals surface area contributed by atoms with Crippen LogP contribution in [0.5, 0.6) is 0 Å². The highest BCUT2D eigenvalue weighted by Gasteiger charge is 2.05. The maximum Gasteiger partial charge on any atom is 0.183 e. The van der Waals surface area contributed by atoms with E-state index in [0.29, 0.717) is 10.4 Å². The Morgan fingerprint density at radius 1 is 1.62 bits per heavy atom. The van der Waals surface area contributed by atoms with Crippen molar-refractivity contribution in [2.24, 2.45) is 5.92 Å². The molecule has 0 saturated carbocycles. The lowest BCUT2D eigenvalue weighted by Crippen LogP contribution is -2.22. The summed E-state index contributed by atoms with van der Waals surface area (Å²) in [6.45, 7) is 6.49. The summed E-state index contributed by atoms with van der Waals surface area (Å²) in [4.78, 5) is 7.52. The Balaban J connectivity index is 2.40.